The van der Waals surface area contributed by atoms with Gasteiger partial charge in [0.1, 0.15) is 0 Å². The van der Waals surface area contributed by atoms with Crippen molar-refractivity contribution in [3.63, 3.8) is 0 Å². The minimum Gasteiger partial charge on any atom is -0.267 e. The summed E-state index contributed by atoms with van der Waals surface area (Å²) in [6, 6.07) is 0. The third-order valence-electron chi connectivity index (χ3n) is 3.88. The number of aromatic nitrogens is 2. The maximum Gasteiger partial charge on any atom is 0.276 e. The van der Waals surface area contributed by atoms with Crippen molar-refractivity contribution in [3.8, 4) is 0 Å². The highest BCUT2D eigenvalue weighted by atomic mass is 32.1. The minimum absolute atomic E-state index is 0.104. The fourth-order valence-corrected chi connectivity index (χ4v) is 3.67. The summed E-state index contributed by atoms with van der Waals surface area (Å²) < 4.78 is 1.74. The second-order valence-electron chi connectivity index (χ2n) is 4.81. The van der Waals surface area contributed by atoms with Crippen LogP contribution in [0.15, 0.2) is 21.8 Å². The second-order valence-corrected chi connectivity index (χ2v) is 5.55. The molecule has 5 rings (SSSR count). The molecule has 0 aliphatic heterocycles. The van der Waals surface area contributed by atoms with E-state index in [-0.39, 0.29) is 11.1 Å². The van der Waals surface area contributed by atoms with E-state index in [0.717, 1.165) is 36.0 Å². The lowest BCUT2D eigenvalue weighted by Crippen LogP contribution is -2.62. The zero-order valence-corrected chi connectivity index (χ0v) is 8.96. The average molecular weight is 218 g/mol. The summed E-state index contributed by atoms with van der Waals surface area (Å²) in [4.78, 5) is 12.2. The fraction of sp³-hybridized carbons (Fsp3) is 0.455. The first kappa shape index (κ1) is 8.05. The van der Waals surface area contributed by atoms with E-state index in [1.165, 1.54) is 0 Å². The van der Waals surface area contributed by atoms with Crippen LogP contribution in [0.2, 0.25) is 0 Å². The largest absolute Gasteiger partial charge is 0.276 e. The second kappa shape index (κ2) is 2.32. The molecule has 0 spiro atoms. The topological polar surface area (TPSA) is 34.9 Å². The summed E-state index contributed by atoms with van der Waals surface area (Å²) in [6.07, 6.45) is 5.31. The first-order valence-electron chi connectivity index (χ1n) is 5.23. The van der Waals surface area contributed by atoms with Crippen LogP contribution in [-0.2, 0) is 5.54 Å². The van der Waals surface area contributed by atoms with Gasteiger partial charge in [-0.2, -0.15) is 16.4 Å². The molecule has 2 aromatic heterocycles. The predicted octanol–water partition coefficient (Wildman–Crippen LogP) is 1.97. The van der Waals surface area contributed by atoms with Crippen molar-refractivity contribution in [1.29, 1.82) is 0 Å². The van der Waals surface area contributed by atoms with E-state index in [1.807, 2.05) is 17.0 Å². The molecule has 0 N–H and O–H groups in total. The molecular formula is C11H10N2OS. The van der Waals surface area contributed by atoms with Gasteiger partial charge in [0.2, 0.25) is 0 Å². The normalized spacial score (nSPS) is 32.4. The highest BCUT2D eigenvalue weighted by Gasteiger charge is 2.59. The number of fused-ring (bicyclic) bond motifs is 1. The molecule has 3 saturated carbocycles. The first-order chi connectivity index (χ1) is 7.28. The Labute approximate surface area is 90.3 Å². The summed E-state index contributed by atoms with van der Waals surface area (Å²) in [6.45, 7) is 0. The van der Waals surface area contributed by atoms with Gasteiger partial charge in [-0.1, -0.05) is 0 Å². The molecule has 76 valence electrons. The van der Waals surface area contributed by atoms with Gasteiger partial charge in [-0.05, 0) is 25.2 Å². The van der Waals surface area contributed by atoms with Gasteiger partial charge in [-0.3, -0.25) is 4.79 Å². The molecule has 15 heavy (non-hydrogen) atoms. The standard InChI is InChI=1S/C11H10N2OS/c14-10-9-6-15-5-8(9)4-12-13(10)11-1-7(2-11)3-11/h4-7H,1-3H2. The molecule has 0 saturated heterocycles. The highest BCUT2D eigenvalue weighted by molar-refractivity contribution is 7.09. The maximum absolute atomic E-state index is 12.2. The summed E-state index contributed by atoms with van der Waals surface area (Å²) >= 11 is 1.57. The van der Waals surface area contributed by atoms with Crippen molar-refractivity contribution in [2.45, 2.75) is 24.8 Å². The molecule has 0 radical (unpaired) electrons. The zero-order valence-electron chi connectivity index (χ0n) is 8.14. The molecule has 3 aliphatic carbocycles. The molecule has 4 heteroatoms. The van der Waals surface area contributed by atoms with E-state index >= 15 is 0 Å². The lowest BCUT2D eigenvalue weighted by atomic mass is 9.50. The molecular weight excluding hydrogens is 208 g/mol. The lowest BCUT2D eigenvalue weighted by molar-refractivity contribution is -0.101. The molecule has 0 unspecified atom stereocenters. The van der Waals surface area contributed by atoms with Crippen LogP contribution >= 0.6 is 11.3 Å². The first-order valence-corrected chi connectivity index (χ1v) is 6.18. The number of nitrogens with zero attached hydrogens (tertiary/aromatic N) is 2. The van der Waals surface area contributed by atoms with E-state index in [4.69, 9.17) is 0 Å². The lowest BCUT2D eigenvalue weighted by Gasteiger charge is -2.61. The van der Waals surface area contributed by atoms with Crippen molar-refractivity contribution < 1.29 is 0 Å². The Kier molecular flexibility index (Phi) is 1.25. The molecule has 3 nitrogen and oxygen atoms in total. The third-order valence-corrected chi connectivity index (χ3v) is 4.64. The SMILES string of the molecule is O=c1c2cscc2cnn1C12CC(C1)C2. The van der Waals surface area contributed by atoms with E-state index in [1.54, 1.807) is 16.0 Å². The van der Waals surface area contributed by atoms with Crippen LogP contribution in [-0.4, -0.2) is 9.78 Å². The highest BCUT2D eigenvalue weighted by Crippen LogP contribution is 2.61. The molecule has 3 fully saturated rings. The van der Waals surface area contributed by atoms with E-state index in [0.29, 0.717) is 0 Å². The van der Waals surface area contributed by atoms with Gasteiger partial charge < -0.3 is 0 Å². The average Bonchev–Trinajstić information content (AvgIpc) is 2.52. The van der Waals surface area contributed by atoms with Crippen molar-refractivity contribution >= 4 is 22.1 Å². The van der Waals surface area contributed by atoms with E-state index in [9.17, 15) is 4.79 Å². The summed E-state index contributed by atoms with van der Waals surface area (Å²) in [5.74, 6) is 0.872. The summed E-state index contributed by atoms with van der Waals surface area (Å²) in [7, 11) is 0. The van der Waals surface area contributed by atoms with Crippen molar-refractivity contribution in [2.24, 2.45) is 5.92 Å². The number of rotatable bonds is 1. The van der Waals surface area contributed by atoms with Crippen molar-refractivity contribution in [2.75, 3.05) is 0 Å². The molecule has 2 heterocycles. The predicted molar refractivity (Wildman–Crippen MR) is 59.2 cm³/mol. The van der Waals surface area contributed by atoms with Gasteiger partial charge in [0.05, 0.1) is 17.1 Å². The minimum atomic E-state index is 0.104. The maximum atomic E-state index is 12.2. The monoisotopic (exact) mass is 218 g/mol. The van der Waals surface area contributed by atoms with Gasteiger partial charge in [-0.25, -0.2) is 4.68 Å². The third kappa shape index (κ3) is 0.822. The van der Waals surface area contributed by atoms with Crippen LogP contribution in [0, 0.1) is 5.92 Å². The van der Waals surface area contributed by atoms with Gasteiger partial charge in [0.15, 0.2) is 0 Å². The Morgan fingerprint density at radius 2 is 2.20 bits per heavy atom. The van der Waals surface area contributed by atoms with Crippen LogP contribution < -0.4 is 5.56 Å². The van der Waals surface area contributed by atoms with Crippen LogP contribution in [0.25, 0.3) is 10.8 Å². The van der Waals surface area contributed by atoms with Crippen LogP contribution in [0.1, 0.15) is 19.3 Å². The summed E-state index contributed by atoms with van der Waals surface area (Å²) in [5, 5.41) is 10.0. The van der Waals surface area contributed by atoms with Gasteiger partial charge in [0.25, 0.3) is 5.56 Å². The van der Waals surface area contributed by atoms with Crippen molar-refractivity contribution in [1.82, 2.24) is 9.78 Å². The van der Waals surface area contributed by atoms with Gasteiger partial charge in [-0.15, -0.1) is 0 Å². The quantitative estimate of drug-likeness (QED) is 0.733. The van der Waals surface area contributed by atoms with Gasteiger partial charge >= 0.3 is 0 Å². The van der Waals surface area contributed by atoms with Crippen molar-refractivity contribution in [3.05, 3.63) is 27.3 Å². The molecule has 2 aromatic rings. The Morgan fingerprint density at radius 3 is 2.87 bits per heavy atom. The van der Waals surface area contributed by atoms with Crippen LogP contribution in [0.4, 0.5) is 0 Å². The van der Waals surface area contributed by atoms with Crippen LogP contribution in [0.5, 0.6) is 0 Å². The van der Waals surface area contributed by atoms with E-state index in [2.05, 4.69) is 5.10 Å². The Morgan fingerprint density at radius 1 is 1.40 bits per heavy atom. The smallest absolute Gasteiger partial charge is 0.267 e. The summed E-state index contributed by atoms with van der Waals surface area (Å²) in [5.41, 5.74) is 0.213. The molecule has 3 aliphatic rings. The molecule has 0 aromatic carbocycles. The zero-order chi connectivity index (χ0) is 10.0. The fourth-order valence-electron chi connectivity index (χ4n) is 2.90. The molecule has 2 bridgehead atoms. The number of hydrogen-bond acceptors (Lipinski definition) is 3. The molecule has 0 amide bonds. The Bertz CT molecular complexity index is 595. The Balaban J connectivity index is 2.01. The van der Waals surface area contributed by atoms with E-state index < -0.39 is 0 Å². The number of thiophene rings is 1. The van der Waals surface area contributed by atoms with Crippen LogP contribution in [0.3, 0.4) is 0 Å². The number of hydrogen-bond donors (Lipinski definition) is 0. The Hall–Kier alpha value is -1.16. The van der Waals surface area contributed by atoms with Gasteiger partial charge in [0, 0.05) is 16.1 Å². The molecule has 0 atom stereocenters.